The first-order valence-electron chi connectivity index (χ1n) is 8.87. The van der Waals surface area contributed by atoms with Crippen molar-refractivity contribution in [1.82, 2.24) is 5.01 Å². The highest BCUT2D eigenvalue weighted by Crippen LogP contribution is 2.30. The molecule has 0 unspecified atom stereocenters. The molecule has 150 valence electrons. The Morgan fingerprint density at radius 1 is 1.14 bits per heavy atom. The average molecular weight is 418 g/mol. The van der Waals surface area contributed by atoms with Crippen LogP contribution in [0.15, 0.2) is 47.5 Å². The predicted molar refractivity (Wildman–Crippen MR) is 123 cm³/mol. The molecule has 0 spiro atoms. The second-order valence-electron chi connectivity index (χ2n) is 6.23. The van der Waals surface area contributed by atoms with Gasteiger partial charge in [-0.2, -0.15) is 0 Å². The Morgan fingerprint density at radius 2 is 1.82 bits per heavy atom. The van der Waals surface area contributed by atoms with E-state index in [9.17, 15) is 4.79 Å². The van der Waals surface area contributed by atoms with E-state index in [-0.39, 0.29) is 0 Å². The van der Waals surface area contributed by atoms with Crippen LogP contribution in [-0.4, -0.2) is 28.7 Å². The summed E-state index contributed by atoms with van der Waals surface area (Å²) in [4.78, 5) is 16.9. The zero-order valence-electron chi connectivity index (χ0n) is 16.7. The minimum Gasteiger partial charge on any atom is -0.264 e. The summed E-state index contributed by atoms with van der Waals surface area (Å²) in [5.41, 5.74) is 4.90. The summed E-state index contributed by atoms with van der Waals surface area (Å²) in [6, 6.07) is 13.5. The maximum absolute atomic E-state index is 12.2. The summed E-state index contributed by atoms with van der Waals surface area (Å²) < 4.78 is 0.948. The van der Waals surface area contributed by atoms with Crippen molar-refractivity contribution in [1.29, 1.82) is 0 Å². The van der Waals surface area contributed by atoms with E-state index >= 15 is 0 Å². The summed E-state index contributed by atoms with van der Waals surface area (Å²) >= 11 is 3.22. The highest BCUT2D eigenvalue weighted by atomic mass is 32.2. The number of amides is 2. The second-order valence-corrected chi connectivity index (χ2v) is 8.24. The van der Waals surface area contributed by atoms with Crippen LogP contribution in [0.4, 0.5) is 16.2 Å². The number of hydrogen-bond acceptors (Lipinski definition) is 6. The van der Waals surface area contributed by atoms with Crippen molar-refractivity contribution in [3.05, 3.63) is 59.2 Å². The standard InChI is InChI=1S/C20H27N5OS2/c1-5-15-9-11-16(12-10-15)23-19(27-4)28-13-17-14(2)7-6-8-18(17)25(22)20(26)24(3)21/h6-12H,5,13,21-22H2,1-4H3. The maximum Gasteiger partial charge on any atom is 0.352 e. The Kier molecular flexibility index (Phi) is 8.37. The molecular formula is C20H27N5OS2. The summed E-state index contributed by atoms with van der Waals surface area (Å²) in [7, 11) is 1.47. The van der Waals surface area contributed by atoms with Crippen LogP contribution in [0.2, 0.25) is 0 Å². The van der Waals surface area contributed by atoms with Crippen molar-refractivity contribution in [3.8, 4) is 0 Å². The lowest BCUT2D eigenvalue weighted by Crippen LogP contribution is -2.49. The van der Waals surface area contributed by atoms with Gasteiger partial charge in [-0.05, 0) is 54.5 Å². The van der Waals surface area contributed by atoms with E-state index < -0.39 is 6.03 Å². The lowest BCUT2D eigenvalue weighted by molar-refractivity contribution is 0.216. The smallest absolute Gasteiger partial charge is 0.264 e. The SMILES string of the molecule is CCc1ccc(N=C(SC)SCc2c(C)cccc2N(N)C(=O)N(C)N)cc1. The Labute approximate surface area is 175 Å². The molecule has 2 aromatic rings. The Balaban J connectivity index is 2.22. The van der Waals surface area contributed by atoms with Gasteiger partial charge in [-0.1, -0.05) is 43.0 Å². The normalized spacial score (nSPS) is 11.4. The van der Waals surface area contributed by atoms with Crippen molar-refractivity contribution < 1.29 is 4.79 Å². The number of thioether (sulfide) groups is 2. The molecule has 8 heteroatoms. The van der Waals surface area contributed by atoms with Gasteiger partial charge in [-0.3, -0.25) is 5.01 Å². The fourth-order valence-corrected chi connectivity index (χ4v) is 4.21. The van der Waals surface area contributed by atoms with E-state index in [2.05, 4.69) is 19.1 Å². The largest absolute Gasteiger partial charge is 0.352 e. The van der Waals surface area contributed by atoms with Crippen molar-refractivity contribution in [2.45, 2.75) is 26.0 Å². The molecular weight excluding hydrogens is 390 g/mol. The predicted octanol–water partition coefficient (Wildman–Crippen LogP) is 4.45. The van der Waals surface area contributed by atoms with E-state index in [0.717, 1.165) is 37.6 Å². The molecule has 0 atom stereocenters. The summed E-state index contributed by atoms with van der Waals surface area (Å²) in [6.07, 6.45) is 3.02. The number of carbonyl (C=O) groups excluding carboxylic acids is 1. The van der Waals surface area contributed by atoms with Gasteiger partial charge in [0.2, 0.25) is 0 Å². The quantitative estimate of drug-likeness (QED) is 0.247. The average Bonchev–Trinajstić information content (AvgIpc) is 2.70. The third-order valence-electron chi connectivity index (χ3n) is 4.23. The van der Waals surface area contributed by atoms with Gasteiger partial charge in [0.15, 0.2) is 0 Å². The van der Waals surface area contributed by atoms with Gasteiger partial charge < -0.3 is 0 Å². The monoisotopic (exact) mass is 417 g/mol. The molecule has 2 amide bonds. The maximum atomic E-state index is 12.2. The zero-order chi connectivity index (χ0) is 20.7. The lowest BCUT2D eigenvalue weighted by atomic mass is 10.1. The number of hydrogen-bond donors (Lipinski definition) is 2. The Morgan fingerprint density at radius 3 is 2.39 bits per heavy atom. The van der Waals surface area contributed by atoms with Gasteiger partial charge >= 0.3 is 6.03 Å². The van der Waals surface area contributed by atoms with Crippen molar-refractivity contribution in [2.75, 3.05) is 18.3 Å². The van der Waals surface area contributed by atoms with Gasteiger partial charge in [0.1, 0.15) is 4.38 Å². The number of nitrogens with two attached hydrogens (primary N) is 2. The molecule has 0 aliphatic heterocycles. The number of aryl methyl sites for hydroxylation is 2. The van der Waals surface area contributed by atoms with Crippen molar-refractivity contribution in [3.63, 3.8) is 0 Å². The molecule has 0 aliphatic carbocycles. The minimum atomic E-state index is -0.480. The van der Waals surface area contributed by atoms with Crippen LogP contribution in [0.3, 0.4) is 0 Å². The molecule has 2 aromatic carbocycles. The van der Waals surface area contributed by atoms with Gasteiger partial charge in [-0.25, -0.2) is 26.5 Å². The van der Waals surface area contributed by atoms with Crippen LogP contribution in [0.5, 0.6) is 0 Å². The first-order valence-corrected chi connectivity index (χ1v) is 11.1. The zero-order valence-corrected chi connectivity index (χ0v) is 18.3. The topological polar surface area (TPSA) is 88.0 Å². The fourth-order valence-electron chi connectivity index (χ4n) is 2.56. The van der Waals surface area contributed by atoms with Gasteiger partial charge in [0.25, 0.3) is 0 Å². The van der Waals surface area contributed by atoms with Crippen LogP contribution in [0, 0.1) is 6.92 Å². The number of aliphatic imine (C=N–C) groups is 1. The van der Waals surface area contributed by atoms with Crippen LogP contribution < -0.4 is 16.7 Å². The number of benzene rings is 2. The highest BCUT2D eigenvalue weighted by Gasteiger charge is 2.19. The first kappa shape index (κ1) is 22.3. The number of hydrazine groups is 2. The number of nitrogens with zero attached hydrogens (tertiary/aromatic N) is 3. The molecule has 0 bridgehead atoms. The van der Waals surface area contributed by atoms with E-state index in [1.165, 1.54) is 12.6 Å². The lowest BCUT2D eigenvalue weighted by Gasteiger charge is -2.24. The molecule has 2 rings (SSSR count). The second kappa shape index (κ2) is 10.5. The highest BCUT2D eigenvalue weighted by molar-refractivity contribution is 8.38. The molecule has 0 radical (unpaired) electrons. The van der Waals surface area contributed by atoms with Crippen molar-refractivity contribution >= 4 is 45.3 Å². The fraction of sp³-hybridized carbons (Fsp3) is 0.300. The van der Waals surface area contributed by atoms with Crippen LogP contribution in [-0.2, 0) is 12.2 Å². The number of rotatable bonds is 5. The Bertz CT molecular complexity index is 837. The van der Waals surface area contributed by atoms with Gasteiger partial charge in [0.05, 0.1) is 11.4 Å². The van der Waals surface area contributed by atoms with E-state index in [1.807, 2.05) is 43.5 Å². The number of urea groups is 1. The van der Waals surface area contributed by atoms with Crippen molar-refractivity contribution in [2.24, 2.45) is 16.7 Å². The molecule has 0 fully saturated rings. The van der Waals surface area contributed by atoms with Crippen LogP contribution in [0.1, 0.15) is 23.6 Å². The molecule has 0 saturated carbocycles. The molecule has 0 saturated heterocycles. The molecule has 6 nitrogen and oxygen atoms in total. The molecule has 0 aliphatic rings. The minimum absolute atomic E-state index is 0.480. The number of carbonyl (C=O) groups is 1. The van der Waals surface area contributed by atoms with Gasteiger partial charge in [0, 0.05) is 12.8 Å². The van der Waals surface area contributed by atoms with Gasteiger partial charge in [-0.15, -0.1) is 11.8 Å². The molecule has 0 aromatic heterocycles. The number of anilines is 1. The molecule has 28 heavy (non-hydrogen) atoms. The summed E-state index contributed by atoms with van der Waals surface area (Å²) in [5, 5.41) is 2.05. The van der Waals surface area contributed by atoms with Crippen LogP contribution in [0.25, 0.3) is 0 Å². The van der Waals surface area contributed by atoms with E-state index in [1.54, 1.807) is 23.5 Å². The summed E-state index contributed by atoms with van der Waals surface area (Å²) in [6.45, 7) is 4.14. The van der Waals surface area contributed by atoms with E-state index in [0.29, 0.717) is 11.4 Å². The molecule has 0 heterocycles. The van der Waals surface area contributed by atoms with Crippen LogP contribution >= 0.6 is 23.5 Å². The molecule has 4 N–H and O–H groups in total. The Hall–Kier alpha value is -2.00. The summed E-state index contributed by atoms with van der Waals surface area (Å²) in [5.74, 6) is 12.2. The van der Waals surface area contributed by atoms with E-state index in [4.69, 9.17) is 16.7 Å². The first-order chi connectivity index (χ1) is 13.4. The third kappa shape index (κ3) is 5.75. The third-order valence-corrected chi connectivity index (χ3v) is 6.30.